The number of hydrogen-bond donors (Lipinski definition) is 1. The minimum absolute atomic E-state index is 0.0941. The van der Waals surface area contributed by atoms with E-state index < -0.39 is 5.97 Å². The summed E-state index contributed by atoms with van der Waals surface area (Å²) >= 11 is 0. The number of carbonyl (C=O) groups is 1. The lowest BCUT2D eigenvalue weighted by molar-refractivity contribution is -0.136. The Morgan fingerprint density at radius 1 is 1.09 bits per heavy atom. The number of nitrogens with zero attached hydrogens (tertiary/aromatic N) is 2. The Hall–Kier alpha value is -2.88. The summed E-state index contributed by atoms with van der Waals surface area (Å²) in [5.74, 6) is -0.882. The van der Waals surface area contributed by atoms with Crippen LogP contribution < -0.4 is 0 Å². The first-order valence-corrected chi connectivity index (χ1v) is 7.07. The van der Waals surface area contributed by atoms with Gasteiger partial charge in [-0.25, -0.2) is 4.68 Å². The Morgan fingerprint density at radius 3 is 2.45 bits per heavy atom. The number of aromatic nitrogens is 2. The summed E-state index contributed by atoms with van der Waals surface area (Å²) in [6, 6.07) is 17.6. The largest absolute Gasteiger partial charge is 0.481 e. The first kappa shape index (κ1) is 14.1. The van der Waals surface area contributed by atoms with Crippen LogP contribution in [0.25, 0.3) is 16.8 Å². The Morgan fingerprint density at radius 2 is 1.77 bits per heavy atom. The maximum absolute atomic E-state index is 11.1. The number of aryl methyl sites for hydroxylation is 1. The van der Waals surface area contributed by atoms with Crippen molar-refractivity contribution in [2.24, 2.45) is 0 Å². The molecule has 110 valence electrons. The summed E-state index contributed by atoms with van der Waals surface area (Å²) in [6.45, 7) is 2.01. The third-order valence-corrected chi connectivity index (χ3v) is 3.56. The molecule has 0 radical (unpaired) electrons. The zero-order chi connectivity index (χ0) is 15.5. The highest BCUT2D eigenvalue weighted by Gasteiger charge is 2.15. The molecule has 1 aromatic heterocycles. The molecule has 1 heterocycles. The molecular formula is C18H16N2O2. The van der Waals surface area contributed by atoms with Crippen LogP contribution in [0.2, 0.25) is 0 Å². The van der Waals surface area contributed by atoms with Crippen molar-refractivity contribution in [3.8, 4) is 16.8 Å². The molecule has 1 N–H and O–H groups in total. The topological polar surface area (TPSA) is 55.1 Å². The summed E-state index contributed by atoms with van der Waals surface area (Å²) in [7, 11) is 0. The van der Waals surface area contributed by atoms with Crippen molar-refractivity contribution in [3.63, 3.8) is 0 Å². The molecule has 4 heteroatoms. The van der Waals surface area contributed by atoms with Crippen molar-refractivity contribution >= 4 is 5.97 Å². The van der Waals surface area contributed by atoms with Crippen molar-refractivity contribution in [2.75, 3.05) is 0 Å². The number of benzene rings is 2. The minimum Gasteiger partial charge on any atom is -0.481 e. The lowest BCUT2D eigenvalue weighted by atomic mass is 10.1. The standard InChI is InChI=1S/C18H16N2O2/c1-13-7-5-6-10-17(13)20-12-15(14-8-3-2-4-9-14)16(19-20)11-18(21)22/h2-10,12H,11H2,1H3,(H,21,22). The van der Waals surface area contributed by atoms with E-state index in [0.717, 1.165) is 22.4 Å². The molecule has 0 atom stereocenters. The first-order valence-electron chi connectivity index (χ1n) is 7.07. The molecule has 3 rings (SSSR count). The first-order chi connectivity index (χ1) is 10.6. The number of aliphatic carboxylic acids is 1. The van der Waals surface area contributed by atoms with Gasteiger partial charge in [0.05, 0.1) is 17.8 Å². The summed E-state index contributed by atoms with van der Waals surface area (Å²) in [5.41, 5.74) is 4.44. The quantitative estimate of drug-likeness (QED) is 0.801. The lowest BCUT2D eigenvalue weighted by Gasteiger charge is -2.04. The summed E-state index contributed by atoms with van der Waals surface area (Å²) < 4.78 is 1.76. The smallest absolute Gasteiger partial charge is 0.309 e. The molecule has 3 aromatic rings. The van der Waals surface area contributed by atoms with Crippen molar-refractivity contribution in [2.45, 2.75) is 13.3 Å². The zero-order valence-electron chi connectivity index (χ0n) is 12.2. The molecule has 0 spiro atoms. The normalized spacial score (nSPS) is 10.6. The molecular weight excluding hydrogens is 276 g/mol. The number of hydrogen-bond acceptors (Lipinski definition) is 2. The second-order valence-corrected chi connectivity index (χ2v) is 5.16. The SMILES string of the molecule is Cc1ccccc1-n1cc(-c2ccccc2)c(CC(=O)O)n1. The summed E-state index contributed by atoms with van der Waals surface area (Å²) in [5, 5.41) is 13.6. The maximum Gasteiger partial charge on any atom is 0.309 e. The lowest BCUT2D eigenvalue weighted by Crippen LogP contribution is -2.03. The molecule has 0 aliphatic rings. The van der Waals surface area contributed by atoms with Crippen molar-refractivity contribution in [3.05, 3.63) is 72.1 Å². The number of rotatable bonds is 4. The molecule has 0 saturated carbocycles. The fourth-order valence-corrected chi connectivity index (χ4v) is 2.49. The molecule has 0 bridgehead atoms. The van der Waals surface area contributed by atoms with Gasteiger partial charge in [0, 0.05) is 11.8 Å². The third kappa shape index (κ3) is 2.76. The van der Waals surface area contributed by atoms with Gasteiger partial charge in [-0.15, -0.1) is 0 Å². The Labute approximate surface area is 128 Å². The van der Waals surface area contributed by atoms with E-state index in [1.54, 1.807) is 4.68 Å². The van der Waals surface area contributed by atoms with E-state index in [4.69, 9.17) is 5.11 Å². The molecule has 0 amide bonds. The zero-order valence-corrected chi connectivity index (χ0v) is 12.2. The van der Waals surface area contributed by atoms with Gasteiger partial charge in [-0.2, -0.15) is 5.10 Å². The molecule has 22 heavy (non-hydrogen) atoms. The van der Waals surface area contributed by atoms with E-state index in [2.05, 4.69) is 5.10 Å². The van der Waals surface area contributed by atoms with Crippen LogP contribution in [-0.2, 0) is 11.2 Å². The minimum atomic E-state index is -0.882. The Balaban J connectivity index is 2.13. The van der Waals surface area contributed by atoms with Gasteiger partial charge in [-0.1, -0.05) is 48.5 Å². The van der Waals surface area contributed by atoms with E-state index in [1.165, 1.54) is 0 Å². The van der Waals surface area contributed by atoms with Gasteiger partial charge in [-0.05, 0) is 24.1 Å². The van der Waals surface area contributed by atoms with Crippen LogP contribution >= 0.6 is 0 Å². The highest BCUT2D eigenvalue weighted by molar-refractivity contribution is 5.75. The van der Waals surface area contributed by atoms with Crippen LogP contribution in [0, 0.1) is 6.92 Å². The predicted octanol–water partition coefficient (Wildman–Crippen LogP) is 3.47. The monoisotopic (exact) mass is 292 g/mol. The molecule has 2 aromatic carbocycles. The van der Waals surface area contributed by atoms with E-state index in [9.17, 15) is 4.79 Å². The number of carboxylic acids is 1. The van der Waals surface area contributed by atoms with Crippen molar-refractivity contribution in [1.82, 2.24) is 9.78 Å². The fourth-order valence-electron chi connectivity index (χ4n) is 2.49. The molecule has 0 aliphatic heterocycles. The van der Waals surface area contributed by atoms with E-state index in [-0.39, 0.29) is 6.42 Å². The van der Waals surface area contributed by atoms with Crippen molar-refractivity contribution < 1.29 is 9.90 Å². The number of carboxylic acid groups (broad SMARTS) is 1. The third-order valence-electron chi connectivity index (χ3n) is 3.56. The Kier molecular flexibility index (Phi) is 3.74. The molecule has 0 saturated heterocycles. The van der Waals surface area contributed by atoms with Gasteiger partial charge in [-0.3, -0.25) is 4.79 Å². The average Bonchev–Trinajstić information content (AvgIpc) is 2.91. The predicted molar refractivity (Wildman–Crippen MR) is 85.1 cm³/mol. The van der Waals surface area contributed by atoms with Crippen molar-refractivity contribution in [1.29, 1.82) is 0 Å². The van der Waals surface area contributed by atoms with Gasteiger partial charge in [0.1, 0.15) is 0 Å². The van der Waals surface area contributed by atoms with Gasteiger partial charge in [0.25, 0.3) is 0 Å². The molecule has 0 aliphatic carbocycles. The highest BCUT2D eigenvalue weighted by atomic mass is 16.4. The van der Waals surface area contributed by atoms with Crippen LogP contribution in [0.15, 0.2) is 60.8 Å². The van der Waals surface area contributed by atoms with Gasteiger partial charge >= 0.3 is 5.97 Å². The van der Waals surface area contributed by atoms with E-state index in [1.807, 2.05) is 67.7 Å². The van der Waals surface area contributed by atoms with Crippen LogP contribution in [0.1, 0.15) is 11.3 Å². The van der Waals surface area contributed by atoms with Gasteiger partial charge < -0.3 is 5.11 Å². The summed E-state index contributed by atoms with van der Waals surface area (Å²) in [6.07, 6.45) is 1.80. The molecule has 0 unspecified atom stereocenters. The fraction of sp³-hybridized carbons (Fsp3) is 0.111. The molecule has 0 fully saturated rings. The van der Waals surface area contributed by atoms with E-state index >= 15 is 0 Å². The van der Waals surface area contributed by atoms with Crippen LogP contribution in [0.4, 0.5) is 0 Å². The second-order valence-electron chi connectivity index (χ2n) is 5.16. The maximum atomic E-state index is 11.1. The average molecular weight is 292 g/mol. The highest BCUT2D eigenvalue weighted by Crippen LogP contribution is 2.25. The summed E-state index contributed by atoms with van der Waals surface area (Å²) in [4.78, 5) is 11.1. The Bertz CT molecular complexity index is 807. The van der Waals surface area contributed by atoms with Crippen LogP contribution in [0.5, 0.6) is 0 Å². The van der Waals surface area contributed by atoms with E-state index in [0.29, 0.717) is 5.69 Å². The van der Waals surface area contributed by atoms with Gasteiger partial charge in [0.2, 0.25) is 0 Å². The van der Waals surface area contributed by atoms with Crippen LogP contribution in [-0.4, -0.2) is 20.9 Å². The van der Waals surface area contributed by atoms with Crippen LogP contribution in [0.3, 0.4) is 0 Å². The second kappa shape index (κ2) is 5.85. The molecule has 4 nitrogen and oxygen atoms in total. The van der Waals surface area contributed by atoms with Gasteiger partial charge in [0.15, 0.2) is 0 Å². The number of para-hydroxylation sites is 1.